The van der Waals surface area contributed by atoms with E-state index in [9.17, 15) is 13.9 Å². The highest BCUT2D eigenvalue weighted by atomic mass is 32.1. The summed E-state index contributed by atoms with van der Waals surface area (Å²) in [6.45, 7) is 1.93. The average Bonchev–Trinajstić information content (AvgIpc) is 2.88. The summed E-state index contributed by atoms with van der Waals surface area (Å²) in [5.41, 5.74) is 0.988. The molecular formula is C18H14F2N2OS2. The fourth-order valence-corrected chi connectivity index (χ4v) is 3.75. The van der Waals surface area contributed by atoms with Crippen molar-refractivity contribution in [2.45, 2.75) is 13.0 Å². The highest BCUT2D eigenvalue weighted by molar-refractivity contribution is 7.73. The molecule has 3 aromatic rings. The van der Waals surface area contributed by atoms with E-state index in [0.29, 0.717) is 8.83 Å². The van der Waals surface area contributed by atoms with E-state index in [0.717, 1.165) is 17.7 Å². The topological polar surface area (TPSA) is 37.5 Å². The van der Waals surface area contributed by atoms with Gasteiger partial charge in [-0.25, -0.2) is 8.78 Å². The fourth-order valence-electron chi connectivity index (χ4n) is 2.41. The van der Waals surface area contributed by atoms with Crippen LogP contribution in [-0.2, 0) is 0 Å². The van der Waals surface area contributed by atoms with Crippen LogP contribution in [0.1, 0.15) is 23.4 Å². The van der Waals surface area contributed by atoms with E-state index in [2.05, 4.69) is 4.99 Å². The van der Waals surface area contributed by atoms with Crippen LogP contribution in [0.3, 0.4) is 0 Å². The Morgan fingerprint density at radius 2 is 1.92 bits per heavy atom. The van der Waals surface area contributed by atoms with Gasteiger partial charge in [-0.15, -0.1) is 0 Å². The highest BCUT2D eigenvalue weighted by Crippen LogP contribution is 2.31. The molecule has 1 atom stereocenters. The van der Waals surface area contributed by atoms with Gasteiger partial charge in [-0.05, 0) is 36.8 Å². The number of nitrogens with zero attached hydrogens (tertiary/aromatic N) is 2. The third-order valence-electron chi connectivity index (χ3n) is 3.74. The second-order valence-electron chi connectivity index (χ2n) is 5.37. The number of rotatable bonds is 4. The Morgan fingerprint density at radius 3 is 2.60 bits per heavy atom. The minimum atomic E-state index is -0.767. The summed E-state index contributed by atoms with van der Waals surface area (Å²) in [7, 11) is 0. The van der Waals surface area contributed by atoms with Crippen LogP contribution in [-0.4, -0.2) is 15.9 Å². The Kier molecular flexibility index (Phi) is 5.06. The molecule has 1 aromatic heterocycles. The van der Waals surface area contributed by atoms with Crippen molar-refractivity contribution in [3.05, 3.63) is 74.6 Å². The van der Waals surface area contributed by atoms with Crippen LogP contribution in [0.15, 0.2) is 53.5 Å². The molecule has 25 heavy (non-hydrogen) atoms. The minimum absolute atomic E-state index is 0.0113. The van der Waals surface area contributed by atoms with Crippen molar-refractivity contribution < 1.29 is 13.9 Å². The van der Waals surface area contributed by atoms with Crippen LogP contribution in [0, 0.1) is 15.6 Å². The monoisotopic (exact) mass is 376 g/mol. The smallest absolute Gasteiger partial charge is 0.212 e. The summed E-state index contributed by atoms with van der Waals surface area (Å²) in [5.74, 6) is -1.47. The van der Waals surface area contributed by atoms with Gasteiger partial charge in [0.05, 0.1) is 17.9 Å². The molecule has 0 saturated carbocycles. The largest absolute Gasteiger partial charge is 0.493 e. The Morgan fingerprint density at radius 1 is 1.20 bits per heavy atom. The van der Waals surface area contributed by atoms with Crippen molar-refractivity contribution >= 4 is 35.5 Å². The van der Waals surface area contributed by atoms with Gasteiger partial charge in [0.15, 0.2) is 9.77 Å². The van der Waals surface area contributed by atoms with E-state index in [1.807, 2.05) is 37.3 Å². The maximum atomic E-state index is 13.6. The lowest BCUT2D eigenvalue weighted by Gasteiger charge is -2.14. The number of thiazole rings is 1. The maximum Gasteiger partial charge on any atom is 0.212 e. The number of aromatic nitrogens is 1. The molecule has 0 aliphatic rings. The molecule has 0 radical (unpaired) electrons. The first-order chi connectivity index (χ1) is 12.0. The molecule has 7 heteroatoms. The molecule has 0 saturated heterocycles. The molecule has 3 nitrogen and oxygen atoms in total. The lowest BCUT2D eigenvalue weighted by atomic mass is 10.1. The average molecular weight is 376 g/mol. The predicted molar refractivity (Wildman–Crippen MR) is 98.7 cm³/mol. The second kappa shape index (κ2) is 7.25. The van der Waals surface area contributed by atoms with Crippen LogP contribution >= 0.6 is 23.6 Å². The van der Waals surface area contributed by atoms with Gasteiger partial charge < -0.3 is 5.11 Å². The van der Waals surface area contributed by atoms with E-state index in [1.54, 1.807) is 4.57 Å². The molecule has 1 heterocycles. The summed E-state index contributed by atoms with van der Waals surface area (Å²) in [6, 6.07) is 12.6. The van der Waals surface area contributed by atoms with E-state index >= 15 is 0 Å². The van der Waals surface area contributed by atoms with E-state index < -0.39 is 11.6 Å². The van der Waals surface area contributed by atoms with Gasteiger partial charge in [0.2, 0.25) is 5.88 Å². The molecule has 0 fully saturated rings. The first-order valence-electron chi connectivity index (χ1n) is 7.45. The summed E-state index contributed by atoms with van der Waals surface area (Å²) in [4.78, 5) is 4.40. The zero-order valence-corrected chi connectivity index (χ0v) is 14.8. The first kappa shape index (κ1) is 17.4. The summed E-state index contributed by atoms with van der Waals surface area (Å²) in [6.07, 6.45) is 1.33. The predicted octanol–water partition coefficient (Wildman–Crippen LogP) is 5.62. The number of benzene rings is 2. The van der Waals surface area contributed by atoms with Crippen molar-refractivity contribution in [1.29, 1.82) is 0 Å². The Bertz CT molecular complexity index is 980. The molecule has 2 aromatic carbocycles. The van der Waals surface area contributed by atoms with Crippen molar-refractivity contribution in [3.8, 4) is 5.88 Å². The van der Waals surface area contributed by atoms with Crippen LogP contribution in [0.5, 0.6) is 5.88 Å². The first-order valence-corrected chi connectivity index (χ1v) is 8.68. The van der Waals surface area contributed by atoms with Gasteiger partial charge in [0, 0.05) is 6.07 Å². The summed E-state index contributed by atoms with van der Waals surface area (Å²) in [5, 5.41) is 10.5. The third-order valence-corrected chi connectivity index (χ3v) is 5.07. The van der Waals surface area contributed by atoms with Crippen molar-refractivity contribution in [1.82, 2.24) is 4.57 Å². The number of aromatic hydroxyl groups is 1. The number of hydrogen-bond acceptors (Lipinski definition) is 4. The summed E-state index contributed by atoms with van der Waals surface area (Å²) >= 11 is 6.52. The third kappa shape index (κ3) is 3.67. The molecule has 0 aliphatic heterocycles. The number of hydrogen-bond donors (Lipinski definition) is 1. The van der Waals surface area contributed by atoms with Crippen LogP contribution < -0.4 is 0 Å². The van der Waals surface area contributed by atoms with Gasteiger partial charge in [-0.3, -0.25) is 9.56 Å². The van der Waals surface area contributed by atoms with Gasteiger partial charge in [0.25, 0.3) is 0 Å². The Labute approximate surface area is 152 Å². The number of halogens is 2. The van der Waals surface area contributed by atoms with Crippen molar-refractivity contribution in [3.63, 3.8) is 0 Å². The molecule has 1 N–H and O–H groups in total. The Hall–Kier alpha value is -2.38. The molecule has 0 bridgehead atoms. The minimum Gasteiger partial charge on any atom is -0.493 e. The van der Waals surface area contributed by atoms with Crippen LogP contribution in [0.25, 0.3) is 0 Å². The van der Waals surface area contributed by atoms with E-state index in [-0.39, 0.29) is 17.6 Å². The van der Waals surface area contributed by atoms with Gasteiger partial charge in [-0.1, -0.05) is 41.7 Å². The summed E-state index contributed by atoms with van der Waals surface area (Å²) < 4.78 is 28.7. The van der Waals surface area contributed by atoms with Crippen LogP contribution in [0.2, 0.25) is 0 Å². The molecule has 1 unspecified atom stereocenters. The standard InChI is InChI=1S/C18H14F2N2OS2/c1-11(12-5-3-2-4-6-12)22-17(23)16(25-18(22)24)10-21-15-8-7-13(19)9-14(15)20/h2-11,23H,1H3. The van der Waals surface area contributed by atoms with Gasteiger partial charge >= 0.3 is 0 Å². The normalized spacial score (nSPS) is 12.6. The Balaban J connectivity index is 1.94. The zero-order valence-electron chi connectivity index (χ0n) is 13.2. The molecule has 0 amide bonds. The zero-order chi connectivity index (χ0) is 18.0. The lowest BCUT2D eigenvalue weighted by Crippen LogP contribution is -2.06. The van der Waals surface area contributed by atoms with E-state index in [4.69, 9.17) is 12.2 Å². The van der Waals surface area contributed by atoms with Gasteiger partial charge in [0.1, 0.15) is 10.7 Å². The van der Waals surface area contributed by atoms with E-state index in [1.165, 1.54) is 23.6 Å². The molecule has 128 valence electrons. The fraction of sp³-hybridized carbons (Fsp3) is 0.111. The molecule has 0 aliphatic carbocycles. The lowest BCUT2D eigenvalue weighted by molar-refractivity contribution is 0.405. The SMILES string of the molecule is CC(c1ccccc1)n1c(O)c(C=Nc2ccc(F)cc2F)sc1=S. The van der Waals surface area contributed by atoms with Crippen molar-refractivity contribution in [2.75, 3.05) is 0 Å². The van der Waals surface area contributed by atoms with Gasteiger partial charge in [-0.2, -0.15) is 0 Å². The maximum absolute atomic E-state index is 13.6. The quantitative estimate of drug-likeness (QED) is 0.474. The number of aliphatic imine (C=N–C) groups is 1. The highest BCUT2D eigenvalue weighted by Gasteiger charge is 2.17. The molecule has 0 spiro atoms. The molecular weight excluding hydrogens is 362 g/mol. The van der Waals surface area contributed by atoms with Crippen LogP contribution in [0.4, 0.5) is 14.5 Å². The second-order valence-corrected chi connectivity index (χ2v) is 7.04. The van der Waals surface area contributed by atoms with Crippen molar-refractivity contribution in [2.24, 2.45) is 4.99 Å². The molecule has 3 rings (SSSR count).